The summed E-state index contributed by atoms with van der Waals surface area (Å²) in [4.78, 5) is 13.3. The van der Waals surface area contributed by atoms with Gasteiger partial charge in [-0.25, -0.2) is 13.1 Å². The Morgan fingerprint density at radius 1 is 1.32 bits per heavy atom. The van der Waals surface area contributed by atoms with Crippen molar-refractivity contribution in [3.63, 3.8) is 0 Å². The Morgan fingerprint density at radius 3 is 2.59 bits per heavy atom. The average Bonchev–Trinajstić information content (AvgIpc) is 2.85. The zero-order valence-corrected chi connectivity index (χ0v) is 13.8. The Bertz CT molecular complexity index is 613. The maximum atomic E-state index is 11.1. The van der Waals surface area contributed by atoms with E-state index >= 15 is 0 Å². The quantitative estimate of drug-likeness (QED) is 0.818. The van der Waals surface area contributed by atoms with Crippen molar-refractivity contribution in [2.75, 3.05) is 31.2 Å². The van der Waals surface area contributed by atoms with E-state index in [2.05, 4.69) is 14.9 Å². The minimum Gasteiger partial charge on any atom is -0.326 e. The Labute approximate surface area is 131 Å². The summed E-state index contributed by atoms with van der Waals surface area (Å²) in [6.07, 6.45) is 2.20. The van der Waals surface area contributed by atoms with Crippen molar-refractivity contribution in [1.29, 1.82) is 0 Å². The van der Waals surface area contributed by atoms with Gasteiger partial charge in [-0.2, -0.15) is 0 Å². The van der Waals surface area contributed by atoms with Gasteiger partial charge in [0, 0.05) is 32.2 Å². The van der Waals surface area contributed by atoms with Gasteiger partial charge in [0.25, 0.3) is 0 Å². The van der Waals surface area contributed by atoms with Gasteiger partial charge in [0.05, 0.1) is 6.26 Å². The van der Waals surface area contributed by atoms with Crippen molar-refractivity contribution in [2.45, 2.75) is 19.9 Å². The van der Waals surface area contributed by atoms with Gasteiger partial charge in [0.15, 0.2) is 0 Å². The molecule has 2 rings (SSSR count). The molecule has 0 aliphatic carbocycles. The lowest BCUT2D eigenvalue weighted by atomic mass is 10.1. The van der Waals surface area contributed by atoms with Gasteiger partial charge in [-0.15, -0.1) is 0 Å². The van der Waals surface area contributed by atoms with Crippen molar-refractivity contribution in [3.05, 3.63) is 29.8 Å². The van der Waals surface area contributed by atoms with Crippen LogP contribution in [0.3, 0.4) is 0 Å². The number of sulfonamides is 1. The van der Waals surface area contributed by atoms with Crippen LogP contribution in [-0.4, -0.2) is 45.1 Å². The van der Waals surface area contributed by atoms with Crippen LogP contribution in [0.5, 0.6) is 0 Å². The van der Waals surface area contributed by atoms with Gasteiger partial charge < -0.3 is 5.32 Å². The Kier molecular flexibility index (Phi) is 5.55. The molecule has 1 fully saturated rings. The van der Waals surface area contributed by atoms with E-state index in [1.807, 2.05) is 24.3 Å². The summed E-state index contributed by atoms with van der Waals surface area (Å²) in [6.45, 7) is 4.72. The van der Waals surface area contributed by atoms with E-state index in [4.69, 9.17) is 0 Å². The van der Waals surface area contributed by atoms with Crippen molar-refractivity contribution in [3.8, 4) is 0 Å². The second-order valence-electron chi connectivity index (χ2n) is 5.89. The van der Waals surface area contributed by atoms with Crippen LogP contribution in [0, 0.1) is 5.92 Å². The molecule has 1 aliphatic rings. The molecule has 1 aliphatic heterocycles. The number of nitrogens with zero attached hydrogens (tertiary/aromatic N) is 1. The molecule has 1 atom stereocenters. The third-order valence-corrected chi connectivity index (χ3v) is 4.38. The lowest BCUT2D eigenvalue weighted by molar-refractivity contribution is -0.114. The van der Waals surface area contributed by atoms with E-state index in [1.54, 1.807) is 0 Å². The summed E-state index contributed by atoms with van der Waals surface area (Å²) in [5.74, 6) is 0.293. The minimum atomic E-state index is -3.11. The van der Waals surface area contributed by atoms with Crippen molar-refractivity contribution < 1.29 is 13.2 Å². The summed E-state index contributed by atoms with van der Waals surface area (Å²) in [6, 6.07) is 7.81. The maximum Gasteiger partial charge on any atom is 0.221 e. The normalized spacial score (nSPS) is 19.3. The van der Waals surface area contributed by atoms with Gasteiger partial charge in [-0.3, -0.25) is 9.69 Å². The molecule has 0 saturated carbocycles. The van der Waals surface area contributed by atoms with E-state index in [9.17, 15) is 13.2 Å². The number of hydrogen-bond donors (Lipinski definition) is 2. The number of amides is 1. The molecule has 0 unspecified atom stereocenters. The molecule has 122 valence electrons. The van der Waals surface area contributed by atoms with Crippen LogP contribution in [0.2, 0.25) is 0 Å². The number of rotatable bonds is 6. The fraction of sp³-hybridized carbons (Fsp3) is 0.533. The topological polar surface area (TPSA) is 78.5 Å². The largest absolute Gasteiger partial charge is 0.326 e. The molecular formula is C15H23N3O3S. The second kappa shape index (κ2) is 7.21. The highest BCUT2D eigenvalue weighted by Crippen LogP contribution is 2.19. The van der Waals surface area contributed by atoms with Crippen molar-refractivity contribution in [1.82, 2.24) is 9.62 Å². The van der Waals surface area contributed by atoms with Crippen LogP contribution in [0.1, 0.15) is 18.9 Å². The summed E-state index contributed by atoms with van der Waals surface area (Å²) in [5, 5.41) is 2.75. The Balaban J connectivity index is 1.81. The van der Waals surface area contributed by atoms with E-state index in [0.717, 1.165) is 31.7 Å². The van der Waals surface area contributed by atoms with Crippen LogP contribution in [0.4, 0.5) is 5.69 Å². The summed E-state index contributed by atoms with van der Waals surface area (Å²) < 4.78 is 24.8. The van der Waals surface area contributed by atoms with E-state index in [1.165, 1.54) is 18.7 Å². The number of carbonyl (C=O) groups excluding carboxylic acids is 1. The molecule has 1 amide bonds. The standard InChI is InChI=1S/C15H23N3O3S/c1-12(19)17-15-5-3-13(4-6-15)10-18-8-7-14(11-18)9-16-22(2,20)21/h3-6,14,16H,7-11H2,1-2H3,(H,17,19)/t14-/m1/s1. The molecule has 0 spiro atoms. The van der Waals surface area contributed by atoms with E-state index < -0.39 is 10.0 Å². The van der Waals surface area contributed by atoms with Gasteiger partial charge in [-0.1, -0.05) is 12.1 Å². The minimum absolute atomic E-state index is 0.0755. The molecule has 0 aromatic heterocycles. The molecule has 1 heterocycles. The summed E-state index contributed by atoms with van der Waals surface area (Å²) >= 11 is 0. The number of anilines is 1. The fourth-order valence-electron chi connectivity index (χ4n) is 2.65. The third-order valence-electron chi connectivity index (χ3n) is 3.68. The molecule has 1 saturated heterocycles. The lowest BCUT2D eigenvalue weighted by Crippen LogP contribution is -2.30. The smallest absolute Gasteiger partial charge is 0.221 e. The molecule has 22 heavy (non-hydrogen) atoms. The molecule has 0 bridgehead atoms. The Hall–Kier alpha value is -1.44. The van der Waals surface area contributed by atoms with Gasteiger partial charge in [0.1, 0.15) is 0 Å². The number of nitrogens with one attached hydrogen (secondary N) is 2. The van der Waals surface area contributed by atoms with E-state index in [-0.39, 0.29) is 5.91 Å². The first-order valence-corrected chi connectivity index (χ1v) is 9.24. The SMILES string of the molecule is CC(=O)Nc1ccc(CN2CC[C@H](CNS(C)(=O)=O)C2)cc1. The zero-order chi connectivity index (χ0) is 16.2. The second-order valence-corrected chi connectivity index (χ2v) is 7.72. The molecular weight excluding hydrogens is 302 g/mol. The van der Waals surface area contributed by atoms with Gasteiger partial charge in [-0.05, 0) is 36.6 Å². The molecule has 2 N–H and O–H groups in total. The number of carbonyl (C=O) groups is 1. The fourth-order valence-corrected chi connectivity index (χ4v) is 3.19. The van der Waals surface area contributed by atoms with E-state index in [0.29, 0.717) is 12.5 Å². The first-order valence-electron chi connectivity index (χ1n) is 7.35. The highest BCUT2D eigenvalue weighted by atomic mass is 32.2. The van der Waals surface area contributed by atoms with Crippen molar-refractivity contribution in [2.24, 2.45) is 5.92 Å². The highest BCUT2D eigenvalue weighted by molar-refractivity contribution is 7.88. The predicted molar refractivity (Wildman–Crippen MR) is 87.0 cm³/mol. The maximum absolute atomic E-state index is 11.1. The monoisotopic (exact) mass is 325 g/mol. The summed E-state index contributed by atoms with van der Waals surface area (Å²) in [7, 11) is -3.11. The highest BCUT2D eigenvalue weighted by Gasteiger charge is 2.23. The first-order chi connectivity index (χ1) is 10.3. The molecule has 6 nitrogen and oxygen atoms in total. The molecule has 0 radical (unpaired) electrons. The molecule has 1 aromatic rings. The summed E-state index contributed by atoms with van der Waals surface area (Å²) in [5.41, 5.74) is 1.98. The third kappa shape index (κ3) is 5.75. The predicted octanol–water partition coefficient (Wildman–Crippen LogP) is 1.02. The number of benzene rings is 1. The Morgan fingerprint density at radius 2 is 2.00 bits per heavy atom. The van der Waals surface area contributed by atoms with Crippen molar-refractivity contribution >= 4 is 21.6 Å². The number of hydrogen-bond acceptors (Lipinski definition) is 4. The van der Waals surface area contributed by atoms with Crippen LogP contribution in [0.25, 0.3) is 0 Å². The molecule has 7 heteroatoms. The van der Waals surface area contributed by atoms with Crippen LogP contribution >= 0.6 is 0 Å². The zero-order valence-electron chi connectivity index (χ0n) is 13.0. The first kappa shape index (κ1) is 16.9. The lowest BCUT2D eigenvalue weighted by Gasteiger charge is -2.16. The van der Waals surface area contributed by atoms with Crippen LogP contribution < -0.4 is 10.0 Å². The molecule has 1 aromatic carbocycles. The van der Waals surface area contributed by atoms with Gasteiger partial charge in [0.2, 0.25) is 15.9 Å². The number of likely N-dealkylation sites (tertiary alicyclic amines) is 1. The van der Waals surface area contributed by atoms with Gasteiger partial charge >= 0.3 is 0 Å². The van der Waals surface area contributed by atoms with Crippen LogP contribution in [-0.2, 0) is 21.4 Å². The average molecular weight is 325 g/mol. The van der Waals surface area contributed by atoms with Crippen LogP contribution in [0.15, 0.2) is 24.3 Å².